The Labute approximate surface area is 109 Å². The molecule has 1 fully saturated rings. The second-order valence-corrected chi connectivity index (χ2v) is 5.13. The second-order valence-electron chi connectivity index (χ2n) is 5.13. The molecule has 2 rings (SSSR count). The Morgan fingerprint density at radius 2 is 2.39 bits per heavy atom. The summed E-state index contributed by atoms with van der Waals surface area (Å²) in [5, 5.41) is 12.3. The van der Waals surface area contributed by atoms with Crippen molar-refractivity contribution in [3.63, 3.8) is 0 Å². The van der Waals surface area contributed by atoms with Crippen LogP contribution in [0.2, 0.25) is 0 Å². The Morgan fingerprint density at radius 3 is 3.11 bits per heavy atom. The number of anilines is 1. The molecule has 1 unspecified atom stereocenters. The normalized spacial score (nSPS) is 20.4. The van der Waals surface area contributed by atoms with Crippen LogP contribution in [0.25, 0.3) is 0 Å². The Hall–Kier alpha value is -1.60. The highest BCUT2D eigenvalue weighted by molar-refractivity contribution is 5.42. The summed E-state index contributed by atoms with van der Waals surface area (Å²) in [4.78, 5) is 6.68. The van der Waals surface area contributed by atoms with Crippen LogP contribution < -0.4 is 5.32 Å². The first kappa shape index (κ1) is 12.8. The molecule has 0 amide bonds. The Bertz CT molecular complexity index is 450. The Morgan fingerprint density at radius 1 is 1.56 bits per heavy atom. The van der Waals surface area contributed by atoms with E-state index in [4.69, 9.17) is 5.26 Å². The molecule has 1 aliphatic rings. The Kier molecular flexibility index (Phi) is 4.16. The fourth-order valence-electron chi connectivity index (χ4n) is 2.43. The molecule has 0 bridgehead atoms. The lowest BCUT2D eigenvalue weighted by Gasteiger charge is -2.29. The molecule has 1 saturated heterocycles. The number of pyridine rings is 1. The maximum atomic E-state index is 8.95. The fourth-order valence-corrected chi connectivity index (χ4v) is 2.43. The maximum absolute atomic E-state index is 8.95. The van der Waals surface area contributed by atoms with Gasteiger partial charge in [-0.15, -0.1) is 0 Å². The topological polar surface area (TPSA) is 52.0 Å². The van der Waals surface area contributed by atoms with E-state index in [0.29, 0.717) is 11.6 Å². The molecular formula is C14H20N4. The van der Waals surface area contributed by atoms with Crippen LogP contribution in [0.1, 0.15) is 24.1 Å². The number of rotatable bonds is 3. The zero-order chi connectivity index (χ0) is 13.0. The van der Waals surface area contributed by atoms with Crippen molar-refractivity contribution >= 4 is 5.82 Å². The molecule has 0 radical (unpaired) electrons. The summed E-state index contributed by atoms with van der Waals surface area (Å²) in [5.74, 6) is 1.49. The van der Waals surface area contributed by atoms with E-state index in [2.05, 4.69) is 28.3 Å². The number of nitriles is 1. The van der Waals surface area contributed by atoms with Crippen molar-refractivity contribution in [2.75, 3.05) is 32.0 Å². The number of aryl methyl sites for hydroxylation is 1. The minimum absolute atomic E-state index is 0.515. The molecule has 0 saturated carbocycles. The maximum Gasteiger partial charge on any atom is 0.145 e. The van der Waals surface area contributed by atoms with Crippen molar-refractivity contribution in [2.45, 2.75) is 19.8 Å². The highest BCUT2D eigenvalue weighted by Gasteiger charge is 2.16. The van der Waals surface area contributed by atoms with Crippen LogP contribution in [-0.4, -0.2) is 36.6 Å². The first-order chi connectivity index (χ1) is 8.69. The summed E-state index contributed by atoms with van der Waals surface area (Å²) in [6.45, 7) is 5.19. The van der Waals surface area contributed by atoms with E-state index in [1.807, 2.05) is 19.1 Å². The number of hydrogen-bond donors (Lipinski definition) is 1. The predicted octanol–water partition coefficient (Wildman–Crippen LogP) is 2.02. The number of hydrogen-bond acceptors (Lipinski definition) is 4. The van der Waals surface area contributed by atoms with E-state index in [0.717, 1.165) is 24.5 Å². The SMILES string of the molecule is Cc1ccc(NCC2CCCN(C)C2)nc1C#N. The first-order valence-corrected chi connectivity index (χ1v) is 6.49. The number of nitrogens with zero attached hydrogens (tertiary/aromatic N) is 3. The largest absolute Gasteiger partial charge is 0.370 e. The van der Waals surface area contributed by atoms with Crippen molar-refractivity contribution < 1.29 is 0 Å². The summed E-state index contributed by atoms with van der Waals surface area (Å²) < 4.78 is 0. The highest BCUT2D eigenvalue weighted by Crippen LogP contribution is 2.16. The van der Waals surface area contributed by atoms with Crippen molar-refractivity contribution in [2.24, 2.45) is 5.92 Å². The van der Waals surface area contributed by atoms with Crippen molar-refractivity contribution in [1.29, 1.82) is 5.26 Å². The molecule has 1 aliphatic heterocycles. The van der Waals surface area contributed by atoms with Gasteiger partial charge in [0.15, 0.2) is 0 Å². The number of likely N-dealkylation sites (tertiary alicyclic amines) is 1. The van der Waals surface area contributed by atoms with Crippen LogP contribution in [0.15, 0.2) is 12.1 Å². The lowest BCUT2D eigenvalue weighted by Crippen LogP contribution is -2.35. The fraction of sp³-hybridized carbons (Fsp3) is 0.571. The monoisotopic (exact) mass is 244 g/mol. The van der Waals surface area contributed by atoms with Gasteiger partial charge in [-0.05, 0) is 50.9 Å². The third-order valence-electron chi connectivity index (χ3n) is 3.50. The third kappa shape index (κ3) is 3.21. The van der Waals surface area contributed by atoms with Gasteiger partial charge in [-0.3, -0.25) is 0 Å². The number of aromatic nitrogens is 1. The highest BCUT2D eigenvalue weighted by atomic mass is 15.1. The summed E-state index contributed by atoms with van der Waals surface area (Å²) in [6, 6.07) is 6.01. The lowest BCUT2D eigenvalue weighted by atomic mass is 9.98. The van der Waals surface area contributed by atoms with Gasteiger partial charge in [0.05, 0.1) is 0 Å². The lowest BCUT2D eigenvalue weighted by molar-refractivity contribution is 0.217. The van der Waals surface area contributed by atoms with Gasteiger partial charge in [-0.2, -0.15) is 5.26 Å². The van der Waals surface area contributed by atoms with Gasteiger partial charge < -0.3 is 10.2 Å². The predicted molar refractivity (Wildman–Crippen MR) is 72.4 cm³/mol. The van der Waals surface area contributed by atoms with E-state index in [-0.39, 0.29) is 0 Å². The average Bonchev–Trinajstić information content (AvgIpc) is 2.38. The molecule has 18 heavy (non-hydrogen) atoms. The summed E-state index contributed by atoms with van der Waals surface area (Å²) in [6.07, 6.45) is 2.54. The first-order valence-electron chi connectivity index (χ1n) is 6.49. The molecule has 4 nitrogen and oxygen atoms in total. The number of piperidine rings is 1. The summed E-state index contributed by atoms with van der Waals surface area (Å²) in [5.41, 5.74) is 1.45. The zero-order valence-corrected chi connectivity index (χ0v) is 11.1. The van der Waals surface area contributed by atoms with Crippen molar-refractivity contribution in [3.05, 3.63) is 23.4 Å². The zero-order valence-electron chi connectivity index (χ0n) is 11.1. The van der Waals surface area contributed by atoms with Crippen LogP contribution >= 0.6 is 0 Å². The van der Waals surface area contributed by atoms with Gasteiger partial charge in [0.25, 0.3) is 0 Å². The molecule has 0 aromatic carbocycles. The quantitative estimate of drug-likeness (QED) is 0.883. The average molecular weight is 244 g/mol. The van der Waals surface area contributed by atoms with Crippen LogP contribution in [0.5, 0.6) is 0 Å². The van der Waals surface area contributed by atoms with Crippen LogP contribution in [0, 0.1) is 24.2 Å². The van der Waals surface area contributed by atoms with Crippen LogP contribution in [0.3, 0.4) is 0 Å². The van der Waals surface area contributed by atoms with E-state index in [1.165, 1.54) is 19.4 Å². The molecule has 1 aromatic rings. The Balaban J connectivity index is 1.92. The third-order valence-corrected chi connectivity index (χ3v) is 3.50. The van der Waals surface area contributed by atoms with E-state index in [9.17, 15) is 0 Å². The molecule has 1 aromatic heterocycles. The molecule has 1 N–H and O–H groups in total. The van der Waals surface area contributed by atoms with Gasteiger partial charge in [0.2, 0.25) is 0 Å². The van der Waals surface area contributed by atoms with Crippen LogP contribution in [-0.2, 0) is 0 Å². The summed E-state index contributed by atoms with van der Waals surface area (Å²) >= 11 is 0. The standard InChI is InChI=1S/C14H20N4/c1-11-5-6-14(17-13(11)8-15)16-9-12-4-3-7-18(2)10-12/h5-6,12H,3-4,7,9-10H2,1-2H3,(H,16,17). The molecular weight excluding hydrogens is 224 g/mol. The van der Waals surface area contributed by atoms with Gasteiger partial charge in [-0.1, -0.05) is 6.07 Å². The van der Waals surface area contributed by atoms with Crippen LogP contribution in [0.4, 0.5) is 5.82 Å². The van der Waals surface area contributed by atoms with E-state index < -0.39 is 0 Å². The molecule has 2 heterocycles. The molecule has 0 aliphatic carbocycles. The van der Waals surface area contributed by atoms with E-state index >= 15 is 0 Å². The molecule has 96 valence electrons. The van der Waals surface area contributed by atoms with Gasteiger partial charge in [0.1, 0.15) is 17.6 Å². The smallest absolute Gasteiger partial charge is 0.145 e. The molecule has 1 atom stereocenters. The van der Waals surface area contributed by atoms with E-state index in [1.54, 1.807) is 0 Å². The van der Waals surface area contributed by atoms with Crippen molar-refractivity contribution in [3.8, 4) is 6.07 Å². The second kappa shape index (κ2) is 5.83. The molecule has 0 spiro atoms. The minimum Gasteiger partial charge on any atom is -0.370 e. The van der Waals surface area contributed by atoms with Gasteiger partial charge in [0, 0.05) is 13.1 Å². The van der Waals surface area contributed by atoms with Crippen molar-refractivity contribution in [1.82, 2.24) is 9.88 Å². The summed E-state index contributed by atoms with van der Waals surface area (Å²) in [7, 11) is 2.17. The molecule has 4 heteroatoms. The number of nitrogens with one attached hydrogen (secondary N) is 1. The van der Waals surface area contributed by atoms with Gasteiger partial charge >= 0.3 is 0 Å². The minimum atomic E-state index is 0.515. The van der Waals surface area contributed by atoms with Gasteiger partial charge in [-0.25, -0.2) is 4.98 Å².